The summed E-state index contributed by atoms with van der Waals surface area (Å²) in [6, 6.07) is 0. The molecule has 0 unspecified atom stereocenters. The van der Waals surface area contributed by atoms with Crippen LogP contribution < -0.4 is 0 Å². The van der Waals surface area contributed by atoms with E-state index < -0.39 is 6.37 Å². The Hall–Kier alpha value is -0.860. The molecule has 1 rings (SSSR count). The molecule has 0 N–H and O–H groups in total. The number of rotatable bonds is 1. The van der Waals surface area contributed by atoms with E-state index in [1.807, 2.05) is 0 Å². The number of hydrogen-bond donors (Lipinski definition) is 0. The van der Waals surface area contributed by atoms with Crippen LogP contribution in [0.3, 0.4) is 0 Å². The summed E-state index contributed by atoms with van der Waals surface area (Å²) in [6.45, 7) is 1.37. The van der Waals surface area contributed by atoms with Crippen molar-refractivity contribution in [3.63, 3.8) is 0 Å². The van der Waals surface area contributed by atoms with Gasteiger partial charge in [-0.15, -0.1) is 0 Å². The molecule has 0 aliphatic heterocycles. The van der Waals surface area contributed by atoms with Crippen LogP contribution in [0.5, 0.6) is 0 Å². The van der Waals surface area contributed by atoms with Crippen molar-refractivity contribution in [3.8, 4) is 0 Å². The first kappa shape index (κ1) is 2.45. The van der Waals surface area contributed by atoms with Gasteiger partial charge < -0.3 is 4.52 Å². The highest BCUT2D eigenvalue weighted by atomic mass is 16.5. The van der Waals surface area contributed by atoms with E-state index in [4.69, 9.17) is 2.74 Å². The summed E-state index contributed by atoms with van der Waals surface area (Å²) in [6.07, 6.45) is -0.385. The van der Waals surface area contributed by atoms with Gasteiger partial charge in [0.25, 0.3) is 0 Å². The quantitative estimate of drug-likeness (QED) is 0.519. The maximum Gasteiger partial charge on any atom is 0.213 e. The molecule has 0 atom stereocenters. The van der Waals surface area contributed by atoms with Gasteiger partial charge in [0.15, 0.2) is 5.82 Å². The van der Waals surface area contributed by atoms with Crippen LogP contribution in [0.2, 0.25) is 0 Å². The van der Waals surface area contributed by atoms with Crippen LogP contribution in [0.25, 0.3) is 0 Å². The first-order valence-electron chi connectivity index (χ1n) is 2.87. The Balaban J connectivity index is 2.90. The third-order valence-electron chi connectivity index (χ3n) is 0.585. The predicted octanol–water partition coefficient (Wildman–Crippen LogP) is 0.632. The Bertz CT molecular complexity index is 179. The predicted molar refractivity (Wildman–Crippen MR) is 23.7 cm³/mol. The molecule has 0 saturated carbocycles. The summed E-state index contributed by atoms with van der Waals surface area (Å²) >= 11 is 0. The minimum Gasteiger partial charge on any atom is -0.343 e. The minimum atomic E-state index is -1.49. The molecule has 1 aromatic heterocycles. The highest BCUT2D eigenvalue weighted by Gasteiger charge is 1.88. The first-order valence-corrected chi connectivity index (χ1v) is 1.87. The number of nitrogens with zero attached hydrogens (tertiary/aromatic N) is 2. The average Bonchev–Trinajstić information content (AvgIpc) is 2.08. The van der Waals surface area contributed by atoms with Crippen molar-refractivity contribution in [1.82, 2.24) is 10.1 Å². The second kappa shape index (κ2) is 1.73. The zero-order valence-electron chi connectivity index (χ0n) is 5.88. The molecule has 0 aliphatic rings. The van der Waals surface area contributed by atoms with Crippen molar-refractivity contribution in [2.75, 3.05) is 0 Å². The highest BCUT2D eigenvalue weighted by Crippen LogP contribution is 1.85. The molecule has 38 valence electrons. The van der Waals surface area contributed by atoms with E-state index in [1.165, 1.54) is 6.92 Å². The lowest BCUT2D eigenvalue weighted by atomic mass is 10.5. The topological polar surface area (TPSA) is 38.9 Å². The Morgan fingerprint density at radius 1 is 2.14 bits per heavy atom. The van der Waals surface area contributed by atoms with Crippen LogP contribution in [-0.4, -0.2) is 10.1 Å². The fourth-order valence-corrected chi connectivity index (χ4v) is 0.281. The molecule has 0 spiro atoms. The van der Waals surface area contributed by atoms with Crippen LogP contribution in [0.1, 0.15) is 15.5 Å². The van der Waals surface area contributed by atoms with Gasteiger partial charge in [-0.3, -0.25) is 0 Å². The van der Waals surface area contributed by atoms with Crippen molar-refractivity contribution < 1.29 is 7.26 Å². The summed E-state index contributed by atoms with van der Waals surface area (Å²) in [5, 5.41) is 3.33. The van der Waals surface area contributed by atoms with Gasteiger partial charge in [0.05, 0.1) is 0 Å². The summed E-state index contributed by atoms with van der Waals surface area (Å²) in [4.78, 5) is 3.53. The van der Waals surface area contributed by atoms with E-state index in [0.717, 1.165) is 6.39 Å². The lowest BCUT2D eigenvalue weighted by Gasteiger charge is -1.72. The summed E-state index contributed by atoms with van der Waals surface area (Å²) in [5.74, 6) is 0.0856. The maximum atomic E-state index is 7.07. The zero-order valence-corrected chi connectivity index (χ0v) is 3.88. The van der Waals surface area contributed by atoms with E-state index >= 15 is 0 Å². The Kier molecular flexibility index (Phi) is 0.604. The van der Waals surface area contributed by atoms with Crippen LogP contribution >= 0.6 is 0 Å². The van der Waals surface area contributed by atoms with Crippen LogP contribution in [0, 0.1) is 0 Å². The molecular weight excluding hydrogens is 92.1 g/mol. The normalized spacial score (nSPS) is 15.6. The standard InChI is InChI=1S/C4H6N2O/c1-2-4-5-3-7-6-4/h3H,2H2,1H3/i2D2. The van der Waals surface area contributed by atoms with Gasteiger partial charge in [-0.05, 0) is 0 Å². The van der Waals surface area contributed by atoms with E-state index in [2.05, 4.69) is 14.7 Å². The molecule has 0 amide bonds. The molecule has 0 aliphatic carbocycles. The first-order chi connectivity index (χ1) is 4.11. The van der Waals surface area contributed by atoms with E-state index in [0.29, 0.717) is 0 Å². The zero-order chi connectivity index (χ0) is 6.91. The Morgan fingerprint density at radius 2 is 3.00 bits per heavy atom. The van der Waals surface area contributed by atoms with Gasteiger partial charge in [-0.1, -0.05) is 12.1 Å². The third kappa shape index (κ3) is 0.765. The van der Waals surface area contributed by atoms with Crippen molar-refractivity contribution in [1.29, 1.82) is 0 Å². The molecular formula is C4H6N2O. The van der Waals surface area contributed by atoms with Gasteiger partial charge in [0.2, 0.25) is 6.39 Å². The second-order valence-electron chi connectivity index (χ2n) is 1.00. The fraction of sp³-hybridized carbons (Fsp3) is 0.500. The van der Waals surface area contributed by atoms with Crippen molar-refractivity contribution in [2.45, 2.75) is 13.3 Å². The molecule has 7 heavy (non-hydrogen) atoms. The van der Waals surface area contributed by atoms with E-state index in [-0.39, 0.29) is 5.82 Å². The third-order valence-corrected chi connectivity index (χ3v) is 0.585. The second-order valence-corrected chi connectivity index (χ2v) is 1.00. The van der Waals surface area contributed by atoms with Gasteiger partial charge in [0.1, 0.15) is 0 Å². The molecule has 1 aromatic rings. The molecule has 0 bridgehead atoms. The summed E-state index contributed by atoms with van der Waals surface area (Å²) in [5.41, 5.74) is 0. The smallest absolute Gasteiger partial charge is 0.213 e. The molecule has 3 nitrogen and oxygen atoms in total. The Labute approximate surface area is 44.2 Å². The monoisotopic (exact) mass is 100 g/mol. The molecule has 0 radical (unpaired) electrons. The van der Waals surface area contributed by atoms with Gasteiger partial charge in [-0.25, -0.2) is 0 Å². The van der Waals surface area contributed by atoms with E-state index in [1.54, 1.807) is 0 Å². The Morgan fingerprint density at radius 3 is 3.29 bits per heavy atom. The SMILES string of the molecule is [2H]C([2H])(C)c1ncon1. The van der Waals surface area contributed by atoms with Crippen LogP contribution in [0.4, 0.5) is 0 Å². The lowest BCUT2D eigenvalue weighted by Crippen LogP contribution is -1.78. The molecule has 0 saturated heterocycles. The van der Waals surface area contributed by atoms with Gasteiger partial charge >= 0.3 is 0 Å². The summed E-state index contributed by atoms with van der Waals surface area (Å²) < 4.78 is 18.5. The highest BCUT2D eigenvalue weighted by molar-refractivity contribution is 4.73. The molecule has 0 aromatic carbocycles. The minimum absolute atomic E-state index is 0.0856. The molecule has 0 fully saturated rings. The van der Waals surface area contributed by atoms with Crippen LogP contribution in [-0.2, 0) is 6.37 Å². The number of hydrogen-bond acceptors (Lipinski definition) is 3. The van der Waals surface area contributed by atoms with Gasteiger partial charge in [-0.2, -0.15) is 4.98 Å². The van der Waals surface area contributed by atoms with E-state index in [9.17, 15) is 0 Å². The number of aryl methyl sites for hydroxylation is 1. The number of aromatic nitrogens is 2. The van der Waals surface area contributed by atoms with Crippen molar-refractivity contribution in [3.05, 3.63) is 12.2 Å². The average molecular weight is 100 g/mol. The fourth-order valence-electron chi connectivity index (χ4n) is 0.281. The maximum absolute atomic E-state index is 7.07. The van der Waals surface area contributed by atoms with Crippen LogP contribution in [0.15, 0.2) is 10.9 Å². The summed E-state index contributed by atoms with van der Waals surface area (Å²) in [7, 11) is 0. The largest absolute Gasteiger partial charge is 0.343 e. The van der Waals surface area contributed by atoms with Crippen molar-refractivity contribution in [2.24, 2.45) is 0 Å². The van der Waals surface area contributed by atoms with Crippen molar-refractivity contribution >= 4 is 0 Å². The molecule has 3 heteroatoms. The molecule has 1 heterocycles. The van der Waals surface area contributed by atoms with Gasteiger partial charge in [0, 0.05) is 9.11 Å². The lowest BCUT2D eigenvalue weighted by molar-refractivity contribution is 0.410.